The molecule has 0 spiro atoms. The standard InChI is InChI=1S/C18H16F2N2O3/c19-12-5-8-16(14(20)10-12)25-13-6-3-11(4-7-13)17(23)22-15-2-1-9-21-18(15)24/h3-8,10,15H,1-2,9H2,(H,21,24)(H,22,23). The summed E-state index contributed by atoms with van der Waals surface area (Å²) in [5.74, 6) is -1.88. The SMILES string of the molecule is O=C(NC1CCCNC1=O)c1ccc(Oc2ccc(F)cc2F)cc1. The van der Waals surface area contributed by atoms with Crippen molar-refractivity contribution in [3.05, 3.63) is 59.7 Å². The van der Waals surface area contributed by atoms with Crippen molar-refractivity contribution in [2.75, 3.05) is 6.54 Å². The topological polar surface area (TPSA) is 67.4 Å². The lowest BCUT2D eigenvalue weighted by molar-refractivity contribution is -0.124. The van der Waals surface area contributed by atoms with Crippen LogP contribution in [0.1, 0.15) is 23.2 Å². The number of carbonyl (C=O) groups is 2. The van der Waals surface area contributed by atoms with E-state index < -0.39 is 17.7 Å². The van der Waals surface area contributed by atoms with E-state index in [4.69, 9.17) is 4.74 Å². The van der Waals surface area contributed by atoms with Gasteiger partial charge in [0.1, 0.15) is 17.6 Å². The van der Waals surface area contributed by atoms with Crippen molar-refractivity contribution in [1.82, 2.24) is 10.6 Å². The minimum Gasteiger partial charge on any atom is -0.454 e. The molecule has 1 atom stereocenters. The molecular weight excluding hydrogens is 330 g/mol. The second-order valence-electron chi connectivity index (χ2n) is 5.66. The number of carbonyl (C=O) groups excluding carboxylic acids is 2. The smallest absolute Gasteiger partial charge is 0.251 e. The van der Waals surface area contributed by atoms with Crippen LogP contribution < -0.4 is 15.4 Å². The average Bonchev–Trinajstić information content (AvgIpc) is 2.60. The van der Waals surface area contributed by atoms with Crippen LogP contribution in [0.5, 0.6) is 11.5 Å². The van der Waals surface area contributed by atoms with Gasteiger partial charge in [0, 0.05) is 18.2 Å². The molecule has 25 heavy (non-hydrogen) atoms. The Bertz CT molecular complexity index is 793. The minimum absolute atomic E-state index is 0.113. The molecule has 1 aliphatic heterocycles. The third-order valence-corrected chi connectivity index (χ3v) is 3.83. The van der Waals surface area contributed by atoms with Gasteiger partial charge in [-0.25, -0.2) is 8.78 Å². The molecule has 130 valence electrons. The first-order chi connectivity index (χ1) is 12.0. The summed E-state index contributed by atoms with van der Waals surface area (Å²) < 4.78 is 31.8. The molecule has 0 bridgehead atoms. The summed E-state index contributed by atoms with van der Waals surface area (Å²) in [6.07, 6.45) is 1.41. The van der Waals surface area contributed by atoms with E-state index in [2.05, 4.69) is 10.6 Å². The van der Waals surface area contributed by atoms with Gasteiger partial charge in [-0.05, 0) is 49.2 Å². The molecule has 1 aliphatic rings. The molecule has 2 amide bonds. The molecule has 2 aromatic rings. The predicted molar refractivity (Wildman–Crippen MR) is 86.4 cm³/mol. The van der Waals surface area contributed by atoms with Crippen LogP contribution in [-0.2, 0) is 4.79 Å². The Labute approximate surface area is 143 Å². The highest BCUT2D eigenvalue weighted by Crippen LogP contribution is 2.25. The fraction of sp³-hybridized carbons (Fsp3) is 0.222. The van der Waals surface area contributed by atoms with Crippen LogP contribution in [-0.4, -0.2) is 24.4 Å². The Hall–Kier alpha value is -2.96. The minimum atomic E-state index is -0.815. The number of hydrogen-bond donors (Lipinski definition) is 2. The Morgan fingerprint density at radius 2 is 1.92 bits per heavy atom. The van der Waals surface area contributed by atoms with Gasteiger partial charge >= 0.3 is 0 Å². The van der Waals surface area contributed by atoms with Crippen LogP contribution in [0.15, 0.2) is 42.5 Å². The monoisotopic (exact) mass is 346 g/mol. The van der Waals surface area contributed by atoms with Crippen LogP contribution in [0.4, 0.5) is 8.78 Å². The van der Waals surface area contributed by atoms with Crippen LogP contribution in [0.2, 0.25) is 0 Å². The number of nitrogens with one attached hydrogen (secondary N) is 2. The summed E-state index contributed by atoms with van der Waals surface area (Å²) in [5.41, 5.74) is 0.352. The van der Waals surface area contributed by atoms with Gasteiger partial charge < -0.3 is 15.4 Å². The zero-order chi connectivity index (χ0) is 17.8. The summed E-state index contributed by atoms with van der Waals surface area (Å²) >= 11 is 0. The van der Waals surface area contributed by atoms with Gasteiger partial charge in [0.15, 0.2) is 11.6 Å². The molecule has 3 rings (SSSR count). The van der Waals surface area contributed by atoms with E-state index in [1.54, 1.807) is 0 Å². The van der Waals surface area contributed by atoms with Crippen LogP contribution in [0, 0.1) is 11.6 Å². The van der Waals surface area contributed by atoms with Gasteiger partial charge in [-0.1, -0.05) is 0 Å². The van der Waals surface area contributed by atoms with E-state index in [0.717, 1.165) is 18.6 Å². The highest BCUT2D eigenvalue weighted by molar-refractivity contribution is 5.97. The fourth-order valence-electron chi connectivity index (χ4n) is 2.51. The summed E-state index contributed by atoms with van der Waals surface area (Å²) in [6.45, 7) is 0.622. The van der Waals surface area contributed by atoms with Crippen molar-refractivity contribution >= 4 is 11.8 Å². The van der Waals surface area contributed by atoms with Crippen molar-refractivity contribution in [3.8, 4) is 11.5 Å². The molecule has 0 radical (unpaired) electrons. The zero-order valence-corrected chi connectivity index (χ0v) is 13.2. The van der Waals surface area contributed by atoms with Crippen molar-refractivity contribution < 1.29 is 23.1 Å². The number of halogens is 2. The Balaban J connectivity index is 1.65. The van der Waals surface area contributed by atoms with E-state index in [1.165, 1.54) is 30.3 Å². The largest absolute Gasteiger partial charge is 0.454 e. The Morgan fingerprint density at radius 1 is 1.16 bits per heavy atom. The molecule has 1 fully saturated rings. The van der Waals surface area contributed by atoms with Crippen molar-refractivity contribution in [1.29, 1.82) is 0 Å². The van der Waals surface area contributed by atoms with E-state index >= 15 is 0 Å². The third kappa shape index (κ3) is 4.12. The number of piperidine rings is 1. The maximum Gasteiger partial charge on any atom is 0.251 e. The predicted octanol–water partition coefficient (Wildman–Crippen LogP) is 2.77. The first-order valence-electron chi connectivity index (χ1n) is 7.84. The molecule has 1 heterocycles. The van der Waals surface area contributed by atoms with Crippen molar-refractivity contribution in [2.45, 2.75) is 18.9 Å². The quantitative estimate of drug-likeness (QED) is 0.895. The summed E-state index contributed by atoms with van der Waals surface area (Å²) in [4.78, 5) is 23.9. The van der Waals surface area contributed by atoms with E-state index in [9.17, 15) is 18.4 Å². The molecule has 1 unspecified atom stereocenters. The van der Waals surface area contributed by atoms with E-state index in [0.29, 0.717) is 24.3 Å². The molecule has 2 aromatic carbocycles. The Morgan fingerprint density at radius 3 is 2.60 bits per heavy atom. The molecule has 1 saturated heterocycles. The van der Waals surface area contributed by atoms with Gasteiger partial charge in [-0.2, -0.15) is 0 Å². The van der Waals surface area contributed by atoms with Crippen molar-refractivity contribution in [2.24, 2.45) is 0 Å². The number of ether oxygens (including phenoxy) is 1. The first kappa shape index (κ1) is 16.9. The van der Waals surface area contributed by atoms with Gasteiger partial charge in [-0.3, -0.25) is 9.59 Å². The number of rotatable bonds is 4. The molecule has 2 N–H and O–H groups in total. The van der Waals surface area contributed by atoms with Gasteiger partial charge in [0.25, 0.3) is 5.91 Å². The number of hydrogen-bond acceptors (Lipinski definition) is 3. The summed E-state index contributed by atoms with van der Waals surface area (Å²) in [5, 5.41) is 5.37. The Kier molecular flexibility index (Phi) is 4.92. The van der Waals surface area contributed by atoms with Crippen LogP contribution in [0.3, 0.4) is 0 Å². The second kappa shape index (κ2) is 7.29. The highest BCUT2D eigenvalue weighted by Gasteiger charge is 2.23. The maximum absolute atomic E-state index is 13.6. The lowest BCUT2D eigenvalue weighted by Gasteiger charge is -2.22. The maximum atomic E-state index is 13.6. The second-order valence-corrected chi connectivity index (χ2v) is 5.66. The van der Waals surface area contributed by atoms with Crippen molar-refractivity contribution in [3.63, 3.8) is 0 Å². The first-order valence-corrected chi connectivity index (χ1v) is 7.84. The third-order valence-electron chi connectivity index (χ3n) is 3.83. The van der Waals surface area contributed by atoms with Gasteiger partial charge in [0.05, 0.1) is 0 Å². The van der Waals surface area contributed by atoms with E-state index in [-0.39, 0.29) is 17.6 Å². The number of amides is 2. The lowest BCUT2D eigenvalue weighted by Crippen LogP contribution is -2.50. The zero-order valence-electron chi connectivity index (χ0n) is 13.2. The summed E-state index contributed by atoms with van der Waals surface area (Å²) in [7, 11) is 0. The normalized spacial score (nSPS) is 16.9. The molecule has 0 aliphatic carbocycles. The van der Waals surface area contributed by atoms with Crippen LogP contribution in [0.25, 0.3) is 0 Å². The summed E-state index contributed by atoms with van der Waals surface area (Å²) in [6, 6.07) is 8.48. The molecule has 7 heteroatoms. The number of benzene rings is 2. The van der Waals surface area contributed by atoms with Gasteiger partial charge in [-0.15, -0.1) is 0 Å². The van der Waals surface area contributed by atoms with E-state index in [1.807, 2.05) is 0 Å². The fourth-order valence-corrected chi connectivity index (χ4v) is 2.51. The molecule has 5 nitrogen and oxygen atoms in total. The molecule has 0 aromatic heterocycles. The molecular formula is C18H16F2N2O3. The lowest BCUT2D eigenvalue weighted by atomic mass is 10.1. The van der Waals surface area contributed by atoms with Crippen LogP contribution >= 0.6 is 0 Å². The average molecular weight is 346 g/mol. The highest BCUT2D eigenvalue weighted by atomic mass is 19.1. The molecule has 0 saturated carbocycles. The van der Waals surface area contributed by atoms with Gasteiger partial charge in [0.2, 0.25) is 5.91 Å².